The summed E-state index contributed by atoms with van der Waals surface area (Å²) in [6, 6.07) is 12.1. The number of nitrogens with zero attached hydrogens (tertiary/aromatic N) is 1. The maximum Gasteiger partial charge on any atom is 0.416 e. The van der Waals surface area contributed by atoms with Crippen molar-refractivity contribution in [3.05, 3.63) is 65.2 Å². The van der Waals surface area contributed by atoms with Gasteiger partial charge in [-0.3, -0.25) is 14.5 Å². The van der Waals surface area contributed by atoms with E-state index >= 15 is 0 Å². The third-order valence-electron chi connectivity index (χ3n) is 5.70. The molecule has 0 bridgehead atoms. The van der Waals surface area contributed by atoms with Gasteiger partial charge in [0.1, 0.15) is 0 Å². The fourth-order valence-corrected chi connectivity index (χ4v) is 3.87. The Kier molecular flexibility index (Phi) is 7.00. The van der Waals surface area contributed by atoms with Gasteiger partial charge in [-0.1, -0.05) is 30.3 Å². The summed E-state index contributed by atoms with van der Waals surface area (Å²) in [4.78, 5) is 25.7. The fraction of sp³-hybridized carbons (Fsp3) is 0.391. The third kappa shape index (κ3) is 6.07. The van der Waals surface area contributed by atoms with Gasteiger partial charge >= 0.3 is 12.1 Å². The molecule has 0 radical (unpaired) electrons. The van der Waals surface area contributed by atoms with Gasteiger partial charge in [0.2, 0.25) is 5.91 Å². The van der Waals surface area contributed by atoms with Crippen molar-refractivity contribution in [3.63, 3.8) is 0 Å². The first kappa shape index (κ1) is 22.8. The zero-order chi connectivity index (χ0) is 22.6. The summed E-state index contributed by atoms with van der Waals surface area (Å²) in [6.45, 7) is 3.40. The maximum atomic E-state index is 12.9. The van der Waals surface area contributed by atoms with Gasteiger partial charge in [-0.2, -0.15) is 13.2 Å². The summed E-state index contributed by atoms with van der Waals surface area (Å²) in [5.41, 5.74) is 1.06. The highest BCUT2D eigenvalue weighted by Crippen LogP contribution is 2.30. The van der Waals surface area contributed by atoms with E-state index in [1.807, 2.05) is 25.1 Å². The number of likely N-dealkylation sites (tertiary alicyclic amines) is 1. The number of hydrogen-bond acceptors (Lipinski definition) is 3. The van der Waals surface area contributed by atoms with Gasteiger partial charge in [0.25, 0.3) is 0 Å². The second-order valence-corrected chi connectivity index (χ2v) is 7.87. The van der Waals surface area contributed by atoms with Gasteiger partial charge in [-0.15, -0.1) is 0 Å². The van der Waals surface area contributed by atoms with Gasteiger partial charge in [-0.25, -0.2) is 0 Å². The molecule has 1 unspecified atom stereocenters. The minimum atomic E-state index is -4.45. The lowest BCUT2D eigenvalue weighted by Crippen LogP contribution is -2.37. The minimum Gasteiger partial charge on any atom is -0.481 e. The quantitative estimate of drug-likeness (QED) is 0.689. The zero-order valence-corrected chi connectivity index (χ0v) is 17.2. The normalized spacial score (nSPS) is 16.6. The highest BCUT2D eigenvalue weighted by Gasteiger charge is 2.30. The summed E-state index contributed by atoms with van der Waals surface area (Å²) < 4.78 is 38.6. The van der Waals surface area contributed by atoms with Crippen molar-refractivity contribution < 1.29 is 27.9 Å². The highest BCUT2D eigenvalue weighted by molar-refractivity contribution is 5.92. The molecule has 2 aromatic carbocycles. The molecule has 0 saturated carbocycles. The van der Waals surface area contributed by atoms with Crippen molar-refractivity contribution in [1.29, 1.82) is 0 Å². The molecule has 3 rings (SSSR count). The van der Waals surface area contributed by atoms with E-state index in [0.29, 0.717) is 31.6 Å². The Balaban J connectivity index is 1.61. The second-order valence-electron chi connectivity index (χ2n) is 7.87. The number of piperidine rings is 1. The molecule has 1 amide bonds. The van der Waals surface area contributed by atoms with E-state index in [1.165, 1.54) is 12.1 Å². The van der Waals surface area contributed by atoms with Crippen LogP contribution in [0.15, 0.2) is 48.5 Å². The van der Waals surface area contributed by atoms with E-state index < -0.39 is 23.6 Å². The van der Waals surface area contributed by atoms with Crippen molar-refractivity contribution in [2.45, 2.75) is 38.4 Å². The molecule has 0 aliphatic carbocycles. The number of nitrogens with one attached hydrogen (secondary N) is 1. The Hall–Kier alpha value is -2.87. The van der Waals surface area contributed by atoms with Crippen molar-refractivity contribution >= 4 is 17.6 Å². The smallest absolute Gasteiger partial charge is 0.416 e. The first-order valence-electron chi connectivity index (χ1n) is 10.2. The Morgan fingerprint density at radius 3 is 2.45 bits per heavy atom. The number of carbonyl (C=O) groups is 2. The van der Waals surface area contributed by atoms with E-state index in [9.17, 15) is 22.8 Å². The molecule has 0 spiro atoms. The van der Waals surface area contributed by atoms with Crippen LogP contribution in [-0.2, 0) is 22.2 Å². The van der Waals surface area contributed by atoms with Crippen LogP contribution >= 0.6 is 0 Å². The molecule has 2 aromatic rings. The van der Waals surface area contributed by atoms with E-state index in [1.54, 1.807) is 6.07 Å². The number of carbonyl (C=O) groups excluding carboxylic acids is 1. The number of halogens is 3. The van der Waals surface area contributed by atoms with Crippen molar-refractivity contribution in [1.82, 2.24) is 4.90 Å². The Labute approximate surface area is 178 Å². The average molecular weight is 434 g/mol. The first-order chi connectivity index (χ1) is 14.6. The van der Waals surface area contributed by atoms with Gasteiger partial charge in [0, 0.05) is 11.7 Å². The molecule has 166 valence electrons. The summed E-state index contributed by atoms with van der Waals surface area (Å²) in [6.07, 6.45) is -3.40. The highest BCUT2D eigenvalue weighted by atomic mass is 19.4. The van der Waals surface area contributed by atoms with E-state index in [-0.39, 0.29) is 23.9 Å². The zero-order valence-electron chi connectivity index (χ0n) is 17.2. The molecule has 5 nitrogen and oxygen atoms in total. The average Bonchev–Trinajstić information content (AvgIpc) is 2.73. The monoisotopic (exact) mass is 434 g/mol. The first-order valence-corrected chi connectivity index (χ1v) is 10.2. The van der Waals surface area contributed by atoms with Crippen LogP contribution in [0.4, 0.5) is 18.9 Å². The number of carboxylic acid groups (broad SMARTS) is 1. The molecule has 1 atom stereocenters. The number of anilines is 1. The Bertz CT molecular complexity index is 938. The lowest BCUT2D eigenvalue weighted by molar-refractivity contribution is -0.143. The van der Waals surface area contributed by atoms with Crippen LogP contribution in [0.25, 0.3) is 0 Å². The van der Waals surface area contributed by atoms with Crippen LogP contribution in [0.3, 0.4) is 0 Å². The summed E-state index contributed by atoms with van der Waals surface area (Å²) in [5.74, 6) is -1.45. The van der Waals surface area contributed by atoms with Crippen LogP contribution in [0.1, 0.15) is 42.5 Å². The van der Waals surface area contributed by atoms with Crippen LogP contribution < -0.4 is 5.32 Å². The molecule has 1 fully saturated rings. The van der Waals surface area contributed by atoms with Crippen LogP contribution in [0.2, 0.25) is 0 Å². The molecule has 1 aliphatic rings. The molecule has 1 aliphatic heterocycles. The predicted octanol–water partition coefficient (Wildman–Crippen LogP) is 4.74. The van der Waals surface area contributed by atoms with Crippen LogP contribution in [0.5, 0.6) is 0 Å². The minimum absolute atomic E-state index is 0.0510. The van der Waals surface area contributed by atoms with Crippen molar-refractivity contribution in [2.75, 3.05) is 18.4 Å². The Morgan fingerprint density at radius 1 is 1.13 bits per heavy atom. The van der Waals surface area contributed by atoms with E-state index in [2.05, 4.69) is 10.2 Å². The van der Waals surface area contributed by atoms with E-state index in [4.69, 9.17) is 5.11 Å². The van der Waals surface area contributed by atoms with Gasteiger partial charge in [0.15, 0.2) is 0 Å². The number of carboxylic acids is 1. The Morgan fingerprint density at radius 2 is 1.81 bits per heavy atom. The lowest BCUT2D eigenvalue weighted by Gasteiger charge is -2.35. The summed E-state index contributed by atoms with van der Waals surface area (Å²) >= 11 is 0. The number of rotatable bonds is 6. The standard InChI is InChI=1S/C23H25F3N2O3/c1-15(28-10-8-17(9-11-28)22(30)31)18-5-3-7-20(14-18)27-21(29)13-16-4-2-6-19(12-16)23(24,25)26/h2-7,12,14-15,17H,8-11,13H2,1H3,(H,27,29)(H,30,31). The molecular formula is C23H25F3N2O3. The number of aliphatic carboxylic acids is 1. The second kappa shape index (κ2) is 9.51. The fourth-order valence-electron chi connectivity index (χ4n) is 3.87. The SMILES string of the molecule is CC(c1cccc(NC(=O)Cc2cccc(C(F)(F)F)c2)c1)N1CCC(C(=O)O)CC1. The molecule has 8 heteroatoms. The number of hydrogen-bond donors (Lipinski definition) is 2. The van der Waals surface area contributed by atoms with E-state index in [0.717, 1.165) is 17.7 Å². The molecule has 0 aromatic heterocycles. The van der Waals surface area contributed by atoms with Gasteiger partial charge in [0.05, 0.1) is 17.9 Å². The molecular weight excluding hydrogens is 409 g/mol. The summed E-state index contributed by atoms with van der Waals surface area (Å²) in [5, 5.41) is 11.9. The molecule has 1 saturated heterocycles. The third-order valence-corrected chi connectivity index (χ3v) is 5.70. The van der Waals surface area contributed by atoms with Gasteiger partial charge < -0.3 is 10.4 Å². The van der Waals surface area contributed by atoms with Crippen molar-refractivity contribution in [3.8, 4) is 0 Å². The predicted molar refractivity (Wildman–Crippen MR) is 111 cm³/mol. The largest absolute Gasteiger partial charge is 0.481 e. The van der Waals surface area contributed by atoms with Crippen LogP contribution in [0, 0.1) is 5.92 Å². The topological polar surface area (TPSA) is 69.6 Å². The summed E-state index contributed by atoms with van der Waals surface area (Å²) in [7, 11) is 0. The van der Waals surface area contributed by atoms with Crippen LogP contribution in [-0.4, -0.2) is 35.0 Å². The maximum absolute atomic E-state index is 12.9. The molecule has 1 heterocycles. The number of benzene rings is 2. The molecule has 2 N–H and O–H groups in total. The number of amides is 1. The lowest BCUT2D eigenvalue weighted by atomic mass is 9.94. The van der Waals surface area contributed by atoms with Crippen molar-refractivity contribution in [2.24, 2.45) is 5.92 Å². The molecule has 31 heavy (non-hydrogen) atoms. The number of alkyl halides is 3. The van der Waals surface area contributed by atoms with Gasteiger partial charge in [-0.05, 0) is 62.2 Å².